The van der Waals surface area contributed by atoms with E-state index in [0.717, 1.165) is 0 Å². The van der Waals surface area contributed by atoms with Crippen LogP contribution in [0.3, 0.4) is 0 Å². The highest BCUT2D eigenvalue weighted by molar-refractivity contribution is 5.19. The van der Waals surface area contributed by atoms with Gasteiger partial charge >= 0.3 is 53.6 Å². The lowest BCUT2D eigenvalue weighted by atomic mass is 9.83. The topological polar surface area (TPSA) is 0 Å². The normalized spacial score (nSPS) is 16.8. The first-order valence-electron chi connectivity index (χ1n) is 6.44. The van der Waals surface area contributed by atoms with Gasteiger partial charge in [-0.3, -0.25) is 0 Å². The third-order valence-corrected chi connectivity index (χ3v) is 3.56. The van der Waals surface area contributed by atoms with Gasteiger partial charge in [0.05, 0.1) is 0 Å². The summed E-state index contributed by atoms with van der Waals surface area (Å²) in [5, 5.41) is 0. The first-order chi connectivity index (χ1) is 12.6. The summed E-state index contributed by atoms with van der Waals surface area (Å²) in [5.74, 6) is -49.5. The van der Waals surface area contributed by atoms with Gasteiger partial charge in [0.15, 0.2) is 0 Å². The van der Waals surface area contributed by atoms with Crippen molar-refractivity contribution in [2.45, 2.75) is 60.0 Å². The second-order valence-electron chi connectivity index (χ2n) is 5.48. The predicted molar refractivity (Wildman–Crippen MR) is 55.6 cm³/mol. The zero-order valence-electron chi connectivity index (χ0n) is 13.1. The Kier molecular flexibility index (Phi) is 6.53. The van der Waals surface area contributed by atoms with Crippen molar-refractivity contribution >= 4 is 0 Å². The maximum atomic E-state index is 13.2. The van der Waals surface area contributed by atoms with Crippen LogP contribution in [0.25, 0.3) is 0 Å². The first-order valence-corrected chi connectivity index (χ1v) is 6.44. The molecule has 30 heavy (non-hydrogen) atoms. The van der Waals surface area contributed by atoms with E-state index in [4.69, 9.17) is 0 Å². The summed E-state index contributed by atoms with van der Waals surface area (Å²) in [6.45, 7) is 1.83. The lowest BCUT2D eigenvalue weighted by Crippen LogP contribution is -2.77. The fourth-order valence-electron chi connectivity index (χ4n) is 1.71. The lowest BCUT2D eigenvalue weighted by Gasteiger charge is -2.45. The summed E-state index contributed by atoms with van der Waals surface area (Å²) in [7, 11) is 0. The van der Waals surface area contributed by atoms with Gasteiger partial charge in [0.1, 0.15) is 0 Å². The fourth-order valence-corrected chi connectivity index (χ4v) is 1.71. The Morgan fingerprint density at radius 2 is 0.600 bits per heavy atom. The molecule has 0 saturated heterocycles. The Hall–Kier alpha value is -1.33. The average Bonchev–Trinajstić information content (AvgIpc) is 2.50. The van der Waals surface area contributed by atoms with Crippen molar-refractivity contribution in [2.75, 3.05) is 0 Å². The van der Waals surface area contributed by atoms with Gasteiger partial charge in [-0.15, -0.1) is 0 Å². The Bertz CT molecular complexity index is 605. The molecule has 0 aromatic heterocycles. The molecule has 19 heteroatoms. The summed E-state index contributed by atoms with van der Waals surface area (Å²) in [6.07, 6.45) is -19.3. The van der Waals surface area contributed by atoms with Crippen molar-refractivity contribution in [2.24, 2.45) is 0 Å². The summed E-state index contributed by atoms with van der Waals surface area (Å²) in [6, 6.07) is 0. The fraction of sp³-hybridized carbons (Fsp3) is 0.909. The minimum Gasteiger partial charge on any atom is -0.216 e. The Morgan fingerprint density at radius 3 is 0.833 bits per heavy atom. The van der Waals surface area contributed by atoms with Crippen LogP contribution < -0.4 is 0 Å². The van der Waals surface area contributed by atoms with Gasteiger partial charge in [0.25, 0.3) is 0 Å². The number of hydrogen-bond acceptors (Lipinski definition) is 0. The molecule has 0 heterocycles. The van der Waals surface area contributed by atoms with Crippen LogP contribution in [0.4, 0.5) is 83.4 Å². The van der Waals surface area contributed by atoms with E-state index in [2.05, 4.69) is 0 Å². The van der Waals surface area contributed by atoms with Crippen molar-refractivity contribution in [3.05, 3.63) is 6.92 Å². The third-order valence-electron chi connectivity index (χ3n) is 3.56. The quantitative estimate of drug-likeness (QED) is 0.338. The van der Waals surface area contributed by atoms with E-state index in [0.29, 0.717) is 0 Å². The highest BCUT2D eigenvalue weighted by atomic mass is 19.4. The van der Waals surface area contributed by atoms with E-state index >= 15 is 0 Å². The van der Waals surface area contributed by atoms with Crippen LogP contribution in [0.5, 0.6) is 0 Å². The van der Waals surface area contributed by atoms with Gasteiger partial charge in [-0.2, -0.15) is 79.0 Å². The minimum atomic E-state index is -8.97. The molecular formula is C11H4F19. The van der Waals surface area contributed by atoms with Crippen molar-refractivity contribution in [1.82, 2.24) is 0 Å². The molecule has 0 unspecified atom stereocenters. The molecule has 0 aromatic rings. The van der Waals surface area contributed by atoms with Gasteiger partial charge in [-0.1, -0.05) is 0 Å². The SMILES string of the molecule is [CH2]CC(F)(F)C(F)(F)C(F)(F)C(F)(F)C(F)(F)C(F)(F)C(F)(C(F)(F)F)C(F)(F)F. The summed E-state index contributed by atoms with van der Waals surface area (Å²) in [5.41, 5.74) is -8.71. The van der Waals surface area contributed by atoms with E-state index in [9.17, 15) is 83.4 Å². The molecule has 0 amide bonds. The van der Waals surface area contributed by atoms with Crippen LogP contribution >= 0.6 is 0 Å². The van der Waals surface area contributed by atoms with Crippen LogP contribution in [0.1, 0.15) is 6.42 Å². The maximum absolute atomic E-state index is 13.2. The van der Waals surface area contributed by atoms with Gasteiger partial charge < -0.3 is 0 Å². The van der Waals surface area contributed by atoms with Gasteiger partial charge in [-0.05, 0) is 6.92 Å². The molecule has 0 nitrogen and oxygen atoms in total. The minimum absolute atomic E-state index is 1.83. The van der Waals surface area contributed by atoms with Crippen LogP contribution in [-0.4, -0.2) is 53.6 Å². The van der Waals surface area contributed by atoms with Crippen molar-refractivity contribution in [3.63, 3.8) is 0 Å². The van der Waals surface area contributed by atoms with Crippen molar-refractivity contribution in [1.29, 1.82) is 0 Å². The van der Waals surface area contributed by atoms with E-state index in [-0.39, 0.29) is 0 Å². The number of alkyl halides is 19. The number of halogens is 19. The molecule has 181 valence electrons. The highest BCUT2D eigenvalue weighted by Crippen LogP contribution is 2.66. The third kappa shape index (κ3) is 3.24. The highest BCUT2D eigenvalue weighted by Gasteiger charge is 2.98. The van der Waals surface area contributed by atoms with Crippen LogP contribution in [-0.2, 0) is 0 Å². The molecule has 0 atom stereocenters. The van der Waals surface area contributed by atoms with Crippen LogP contribution in [0, 0.1) is 6.92 Å². The van der Waals surface area contributed by atoms with Gasteiger partial charge in [-0.25, -0.2) is 4.39 Å². The standard InChI is InChI=1S/C11H4F19/c1-2-3(12,13)5(15,16)7(19,20)9(23,24)8(21,22)6(17,18)4(14,10(25,26)27)11(28,29)30/h1-2H2. The Balaban J connectivity index is 7.06. The molecule has 0 aliphatic heterocycles. The van der Waals surface area contributed by atoms with Crippen molar-refractivity contribution < 1.29 is 83.4 Å². The second-order valence-corrected chi connectivity index (χ2v) is 5.48. The van der Waals surface area contributed by atoms with E-state index in [1.54, 1.807) is 0 Å². The molecule has 0 aromatic carbocycles. The largest absolute Gasteiger partial charge is 0.438 e. The lowest BCUT2D eigenvalue weighted by molar-refractivity contribution is -0.472. The molecule has 0 saturated carbocycles. The van der Waals surface area contributed by atoms with Crippen LogP contribution in [0.15, 0.2) is 0 Å². The summed E-state index contributed by atoms with van der Waals surface area (Å²) >= 11 is 0. The molecule has 0 aliphatic carbocycles. The Labute approximate surface area is 152 Å². The molecule has 0 spiro atoms. The molecule has 0 aliphatic rings. The van der Waals surface area contributed by atoms with Gasteiger partial charge in [0, 0.05) is 6.42 Å². The molecular weight excluding hydrogens is 493 g/mol. The summed E-state index contributed by atoms with van der Waals surface area (Å²) in [4.78, 5) is 0. The van der Waals surface area contributed by atoms with E-state index < -0.39 is 60.0 Å². The second kappa shape index (κ2) is 6.83. The molecule has 0 bridgehead atoms. The average molecular weight is 497 g/mol. The van der Waals surface area contributed by atoms with Crippen LogP contribution in [0.2, 0.25) is 0 Å². The Morgan fingerprint density at radius 1 is 0.367 bits per heavy atom. The smallest absolute Gasteiger partial charge is 0.216 e. The summed E-state index contributed by atoms with van der Waals surface area (Å²) < 4.78 is 243. The maximum Gasteiger partial charge on any atom is 0.438 e. The van der Waals surface area contributed by atoms with Crippen molar-refractivity contribution in [3.8, 4) is 0 Å². The molecule has 0 N–H and O–H groups in total. The molecule has 0 fully saturated rings. The zero-order valence-corrected chi connectivity index (χ0v) is 13.1. The first kappa shape index (κ1) is 28.7. The molecule has 1 radical (unpaired) electrons. The number of hydrogen-bond donors (Lipinski definition) is 0. The van der Waals surface area contributed by atoms with E-state index in [1.807, 2.05) is 6.92 Å². The molecule has 0 rings (SSSR count). The van der Waals surface area contributed by atoms with Gasteiger partial charge in [0.2, 0.25) is 0 Å². The number of rotatable bonds is 7. The zero-order chi connectivity index (χ0) is 25.2. The van der Waals surface area contributed by atoms with E-state index in [1.165, 1.54) is 0 Å². The monoisotopic (exact) mass is 497 g/mol. The predicted octanol–water partition coefficient (Wildman–Crippen LogP) is 6.86.